The Kier molecular flexibility index (Phi) is 6.84. The lowest BCUT2D eigenvalue weighted by molar-refractivity contribution is -0.116. The van der Waals surface area contributed by atoms with Crippen molar-refractivity contribution in [3.8, 4) is 11.3 Å². The van der Waals surface area contributed by atoms with E-state index < -0.39 is 0 Å². The number of rotatable bonds is 7. The van der Waals surface area contributed by atoms with Crippen LogP contribution in [0.1, 0.15) is 20.3 Å². The van der Waals surface area contributed by atoms with E-state index in [1.807, 2.05) is 66.9 Å². The van der Waals surface area contributed by atoms with Gasteiger partial charge in [0.05, 0.1) is 10.9 Å². The number of nitrogens with zero attached hydrogens (tertiary/aromatic N) is 1. The highest BCUT2D eigenvalue weighted by molar-refractivity contribution is 8.00. The molecule has 0 aliphatic heterocycles. The molecule has 0 aliphatic carbocycles. The van der Waals surface area contributed by atoms with Gasteiger partial charge in [-0.3, -0.25) is 9.59 Å². The average molecular weight is 412 g/mol. The van der Waals surface area contributed by atoms with Gasteiger partial charge in [-0.1, -0.05) is 43.3 Å². The van der Waals surface area contributed by atoms with Crippen LogP contribution in [-0.4, -0.2) is 22.0 Å². The second-order valence-corrected chi connectivity index (χ2v) is 8.25. The molecule has 1 heterocycles. The molecule has 3 rings (SSSR count). The molecular weight excluding hydrogens is 390 g/mol. The standard InChI is InChI=1S/C21H21N3O2S2/c1-3-19(28-17-11-7-10-16(12-17)22-14(2)25)20(26)24-21-23-18(13-27-21)15-8-5-4-6-9-15/h4-13,19H,3H2,1-2H3,(H,22,25)(H,23,24,26). The molecule has 3 aromatic rings. The summed E-state index contributed by atoms with van der Waals surface area (Å²) in [6.45, 7) is 3.45. The number of thiazole rings is 1. The average Bonchev–Trinajstić information content (AvgIpc) is 3.15. The third-order valence-corrected chi connectivity index (χ3v) is 6.02. The van der Waals surface area contributed by atoms with E-state index in [0.717, 1.165) is 21.8 Å². The molecule has 2 amide bonds. The third-order valence-electron chi connectivity index (χ3n) is 3.90. The minimum Gasteiger partial charge on any atom is -0.326 e. The summed E-state index contributed by atoms with van der Waals surface area (Å²) in [5.41, 5.74) is 2.60. The molecule has 1 aromatic heterocycles. The van der Waals surface area contributed by atoms with Gasteiger partial charge in [0.2, 0.25) is 11.8 Å². The number of hydrogen-bond acceptors (Lipinski definition) is 5. The SMILES string of the molecule is CCC(Sc1cccc(NC(C)=O)c1)C(=O)Nc1nc(-c2ccccc2)cs1. The van der Waals surface area contributed by atoms with Gasteiger partial charge in [-0.15, -0.1) is 23.1 Å². The second-order valence-electron chi connectivity index (χ2n) is 6.12. The van der Waals surface area contributed by atoms with Gasteiger partial charge in [0.15, 0.2) is 5.13 Å². The number of benzene rings is 2. The molecule has 7 heteroatoms. The van der Waals surface area contributed by atoms with Crippen LogP contribution in [0.15, 0.2) is 64.9 Å². The van der Waals surface area contributed by atoms with E-state index in [-0.39, 0.29) is 17.1 Å². The highest BCUT2D eigenvalue weighted by Gasteiger charge is 2.19. The predicted octanol–water partition coefficient (Wildman–Crippen LogP) is 5.28. The summed E-state index contributed by atoms with van der Waals surface area (Å²) in [6, 6.07) is 17.4. The lowest BCUT2D eigenvalue weighted by Crippen LogP contribution is -2.24. The molecule has 1 atom stereocenters. The third kappa shape index (κ3) is 5.43. The van der Waals surface area contributed by atoms with Gasteiger partial charge in [-0.25, -0.2) is 4.98 Å². The van der Waals surface area contributed by atoms with Crippen LogP contribution < -0.4 is 10.6 Å². The molecule has 144 valence electrons. The van der Waals surface area contributed by atoms with Gasteiger partial charge in [0.25, 0.3) is 0 Å². The lowest BCUT2D eigenvalue weighted by Gasteiger charge is -2.14. The summed E-state index contributed by atoms with van der Waals surface area (Å²) < 4.78 is 0. The Bertz CT molecular complexity index is 957. The Morgan fingerprint density at radius 2 is 1.89 bits per heavy atom. The summed E-state index contributed by atoms with van der Waals surface area (Å²) in [7, 11) is 0. The fourth-order valence-electron chi connectivity index (χ4n) is 2.60. The summed E-state index contributed by atoms with van der Waals surface area (Å²) in [4.78, 5) is 29.4. The van der Waals surface area contributed by atoms with Crippen LogP contribution in [0.25, 0.3) is 11.3 Å². The number of amides is 2. The molecule has 28 heavy (non-hydrogen) atoms. The highest BCUT2D eigenvalue weighted by Crippen LogP contribution is 2.30. The molecule has 0 saturated carbocycles. The fourth-order valence-corrected chi connectivity index (χ4v) is 4.33. The van der Waals surface area contributed by atoms with Gasteiger partial charge in [-0.05, 0) is 24.6 Å². The molecule has 2 aromatic carbocycles. The molecule has 5 nitrogen and oxygen atoms in total. The quantitative estimate of drug-likeness (QED) is 0.519. The Balaban J connectivity index is 1.66. The number of carbonyl (C=O) groups excluding carboxylic acids is 2. The van der Waals surface area contributed by atoms with E-state index >= 15 is 0 Å². The second kappa shape index (κ2) is 9.52. The largest absolute Gasteiger partial charge is 0.326 e. The normalized spacial score (nSPS) is 11.6. The van der Waals surface area contributed by atoms with E-state index in [2.05, 4.69) is 15.6 Å². The first-order valence-electron chi connectivity index (χ1n) is 8.91. The van der Waals surface area contributed by atoms with Crippen LogP contribution in [0.2, 0.25) is 0 Å². The zero-order valence-electron chi connectivity index (χ0n) is 15.6. The van der Waals surface area contributed by atoms with Crippen LogP contribution in [0.5, 0.6) is 0 Å². The number of hydrogen-bond donors (Lipinski definition) is 2. The number of nitrogens with one attached hydrogen (secondary N) is 2. The van der Waals surface area contributed by atoms with Crippen LogP contribution in [0.4, 0.5) is 10.8 Å². The molecular formula is C21H21N3O2S2. The van der Waals surface area contributed by atoms with Crippen molar-refractivity contribution in [2.45, 2.75) is 30.4 Å². The van der Waals surface area contributed by atoms with E-state index in [9.17, 15) is 9.59 Å². The molecule has 0 bridgehead atoms. The van der Waals surface area contributed by atoms with Crippen molar-refractivity contribution in [3.05, 3.63) is 60.0 Å². The van der Waals surface area contributed by atoms with Crippen molar-refractivity contribution in [1.82, 2.24) is 4.98 Å². The Hall–Kier alpha value is -2.64. The Labute approximate surface area is 172 Å². The van der Waals surface area contributed by atoms with Crippen molar-refractivity contribution in [2.24, 2.45) is 0 Å². The van der Waals surface area contributed by atoms with E-state index in [0.29, 0.717) is 11.6 Å². The minimum absolute atomic E-state index is 0.0774. The molecule has 0 aliphatic rings. The van der Waals surface area contributed by atoms with Crippen molar-refractivity contribution in [2.75, 3.05) is 10.6 Å². The highest BCUT2D eigenvalue weighted by atomic mass is 32.2. The zero-order valence-corrected chi connectivity index (χ0v) is 17.3. The van der Waals surface area contributed by atoms with Crippen LogP contribution in [-0.2, 0) is 9.59 Å². The first-order valence-corrected chi connectivity index (χ1v) is 10.7. The number of thioether (sulfide) groups is 1. The van der Waals surface area contributed by atoms with Crippen molar-refractivity contribution < 1.29 is 9.59 Å². The molecule has 0 radical (unpaired) electrons. The van der Waals surface area contributed by atoms with Crippen molar-refractivity contribution >= 4 is 45.7 Å². The minimum atomic E-state index is -0.253. The number of carbonyl (C=O) groups is 2. The van der Waals surface area contributed by atoms with Crippen LogP contribution in [0.3, 0.4) is 0 Å². The van der Waals surface area contributed by atoms with E-state index in [4.69, 9.17) is 0 Å². The van der Waals surface area contributed by atoms with Gasteiger partial charge in [0.1, 0.15) is 0 Å². The first-order chi connectivity index (χ1) is 13.5. The smallest absolute Gasteiger partial charge is 0.239 e. The zero-order chi connectivity index (χ0) is 19.9. The molecule has 0 fully saturated rings. The Morgan fingerprint density at radius 1 is 1.11 bits per heavy atom. The topological polar surface area (TPSA) is 71.1 Å². The van der Waals surface area contributed by atoms with E-state index in [1.165, 1.54) is 30.0 Å². The predicted molar refractivity (Wildman–Crippen MR) is 117 cm³/mol. The van der Waals surface area contributed by atoms with Crippen molar-refractivity contribution in [1.29, 1.82) is 0 Å². The number of aromatic nitrogens is 1. The van der Waals surface area contributed by atoms with Crippen molar-refractivity contribution in [3.63, 3.8) is 0 Å². The van der Waals surface area contributed by atoms with Crippen LogP contribution in [0, 0.1) is 0 Å². The van der Waals surface area contributed by atoms with Gasteiger partial charge in [0, 0.05) is 28.5 Å². The monoisotopic (exact) mass is 411 g/mol. The first kappa shape index (κ1) is 20.1. The summed E-state index contributed by atoms with van der Waals surface area (Å²) in [5, 5.41) is 7.97. The van der Waals surface area contributed by atoms with Gasteiger partial charge in [-0.2, -0.15) is 0 Å². The van der Waals surface area contributed by atoms with Gasteiger partial charge < -0.3 is 10.6 Å². The molecule has 1 unspecified atom stereocenters. The van der Waals surface area contributed by atoms with Crippen LogP contribution >= 0.6 is 23.1 Å². The number of anilines is 2. The van der Waals surface area contributed by atoms with E-state index in [1.54, 1.807) is 0 Å². The summed E-state index contributed by atoms with van der Waals surface area (Å²) >= 11 is 2.89. The summed E-state index contributed by atoms with van der Waals surface area (Å²) in [6.07, 6.45) is 0.678. The van der Waals surface area contributed by atoms with Gasteiger partial charge >= 0.3 is 0 Å². The Morgan fingerprint density at radius 3 is 2.61 bits per heavy atom. The maximum atomic E-state index is 12.7. The fraction of sp³-hybridized carbons (Fsp3) is 0.190. The molecule has 2 N–H and O–H groups in total. The maximum Gasteiger partial charge on any atom is 0.239 e. The lowest BCUT2D eigenvalue weighted by atomic mass is 10.2. The molecule has 0 saturated heterocycles. The maximum absolute atomic E-state index is 12.7. The summed E-state index contributed by atoms with van der Waals surface area (Å²) in [5.74, 6) is -0.198. The molecule has 0 spiro atoms.